The predicted molar refractivity (Wildman–Crippen MR) is 59.0 cm³/mol. The van der Waals surface area contributed by atoms with Crippen LogP contribution in [0.15, 0.2) is 24.4 Å². The molecule has 0 unspecified atom stereocenters. The quantitative estimate of drug-likeness (QED) is 0.390. The third kappa shape index (κ3) is 7.21. The van der Waals surface area contributed by atoms with E-state index < -0.39 is 0 Å². The van der Waals surface area contributed by atoms with Crippen molar-refractivity contribution in [2.45, 2.75) is 39.0 Å². The SMILES string of the molecule is C=C(N)C(=C)CCC#CCCCC. The van der Waals surface area contributed by atoms with Gasteiger partial charge >= 0.3 is 0 Å². The molecule has 0 fully saturated rings. The van der Waals surface area contributed by atoms with Gasteiger partial charge in [0.15, 0.2) is 0 Å². The van der Waals surface area contributed by atoms with Gasteiger partial charge in [-0.3, -0.25) is 0 Å². The van der Waals surface area contributed by atoms with E-state index in [1.807, 2.05) is 0 Å². The van der Waals surface area contributed by atoms with Gasteiger partial charge in [-0.15, -0.1) is 11.8 Å². The molecule has 1 nitrogen and oxygen atoms in total. The van der Waals surface area contributed by atoms with E-state index in [0.29, 0.717) is 5.70 Å². The summed E-state index contributed by atoms with van der Waals surface area (Å²) < 4.78 is 0. The average molecular weight is 177 g/mol. The van der Waals surface area contributed by atoms with Crippen LogP contribution in [-0.2, 0) is 0 Å². The van der Waals surface area contributed by atoms with Crippen molar-refractivity contribution in [1.29, 1.82) is 0 Å². The molecule has 0 radical (unpaired) electrons. The molecular weight excluding hydrogens is 158 g/mol. The molecule has 0 aromatic carbocycles. The van der Waals surface area contributed by atoms with Crippen LogP contribution in [0.4, 0.5) is 0 Å². The topological polar surface area (TPSA) is 26.0 Å². The molecule has 72 valence electrons. The molecular formula is C12H19N. The lowest BCUT2D eigenvalue weighted by Crippen LogP contribution is -1.97. The Balaban J connectivity index is 3.47. The highest BCUT2D eigenvalue weighted by molar-refractivity contribution is 5.22. The number of allylic oxidation sites excluding steroid dienone is 1. The van der Waals surface area contributed by atoms with Gasteiger partial charge in [0.1, 0.15) is 0 Å². The summed E-state index contributed by atoms with van der Waals surface area (Å²) in [6, 6.07) is 0. The summed E-state index contributed by atoms with van der Waals surface area (Å²) >= 11 is 0. The second-order valence-electron chi connectivity index (χ2n) is 3.09. The summed E-state index contributed by atoms with van der Waals surface area (Å²) in [5.41, 5.74) is 6.94. The molecule has 0 aromatic rings. The zero-order chi connectivity index (χ0) is 10.1. The van der Waals surface area contributed by atoms with Crippen LogP contribution < -0.4 is 5.73 Å². The van der Waals surface area contributed by atoms with Gasteiger partial charge in [0.2, 0.25) is 0 Å². The number of hydrogen-bond donors (Lipinski definition) is 1. The largest absolute Gasteiger partial charge is 0.399 e. The molecule has 2 N–H and O–H groups in total. The fourth-order valence-electron chi connectivity index (χ4n) is 0.816. The van der Waals surface area contributed by atoms with Gasteiger partial charge in [-0.1, -0.05) is 26.5 Å². The molecule has 0 rings (SSSR count). The number of unbranched alkanes of at least 4 members (excludes halogenated alkanes) is 2. The smallest absolute Gasteiger partial charge is 0.0267 e. The van der Waals surface area contributed by atoms with Crippen LogP contribution in [0.1, 0.15) is 39.0 Å². The molecule has 13 heavy (non-hydrogen) atoms. The first-order chi connectivity index (χ1) is 6.18. The Morgan fingerprint density at radius 2 is 1.85 bits per heavy atom. The Hall–Kier alpha value is -1.16. The first-order valence-electron chi connectivity index (χ1n) is 4.76. The first-order valence-corrected chi connectivity index (χ1v) is 4.76. The van der Waals surface area contributed by atoms with E-state index in [1.54, 1.807) is 0 Å². The van der Waals surface area contributed by atoms with Crippen molar-refractivity contribution in [2.24, 2.45) is 5.73 Å². The zero-order valence-electron chi connectivity index (χ0n) is 8.53. The van der Waals surface area contributed by atoms with Crippen molar-refractivity contribution in [3.63, 3.8) is 0 Å². The van der Waals surface area contributed by atoms with Crippen molar-refractivity contribution in [2.75, 3.05) is 0 Å². The van der Waals surface area contributed by atoms with Crippen LogP contribution in [0.25, 0.3) is 0 Å². The van der Waals surface area contributed by atoms with Gasteiger partial charge in [0.25, 0.3) is 0 Å². The van der Waals surface area contributed by atoms with Crippen LogP contribution in [0.3, 0.4) is 0 Å². The summed E-state index contributed by atoms with van der Waals surface area (Å²) in [5, 5.41) is 0. The molecule has 0 aliphatic carbocycles. The molecule has 0 spiro atoms. The zero-order valence-corrected chi connectivity index (χ0v) is 8.53. The van der Waals surface area contributed by atoms with Crippen LogP contribution in [0.5, 0.6) is 0 Å². The number of rotatable bonds is 5. The van der Waals surface area contributed by atoms with Crippen LogP contribution in [-0.4, -0.2) is 0 Å². The van der Waals surface area contributed by atoms with Crippen LogP contribution in [0.2, 0.25) is 0 Å². The number of hydrogen-bond acceptors (Lipinski definition) is 1. The molecule has 0 aliphatic heterocycles. The van der Waals surface area contributed by atoms with Gasteiger partial charge < -0.3 is 5.73 Å². The molecule has 0 atom stereocenters. The Kier molecular flexibility index (Phi) is 6.82. The van der Waals surface area contributed by atoms with Crippen molar-refractivity contribution in [3.8, 4) is 11.8 Å². The highest BCUT2D eigenvalue weighted by Gasteiger charge is 1.92. The maximum Gasteiger partial charge on any atom is 0.0267 e. The summed E-state index contributed by atoms with van der Waals surface area (Å²) in [5.74, 6) is 6.22. The minimum absolute atomic E-state index is 0.579. The van der Waals surface area contributed by atoms with Gasteiger partial charge in [0.05, 0.1) is 0 Å². The summed E-state index contributed by atoms with van der Waals surface area (Å²) in [6.07, 6.45) is 5.10. The standard InChI is InChI=1S/C12H19N/c1-4-5-6-7-8-9-10-11(2)12(3)13/h2-6,9-10,13H2,1H3. The van der Waals surface area contributed by atoms with E-state index in [4.69, 9.17) is 5.73 Å². The molecule has 0 heterocycles. The van der Waals surface area contributed by atoms with Crippen LogP contribution >= 0.6 is 0 Å². The molecule has 0 aliphatic rings. The highest BCUT2D eigenvalue weighted by atomic mass is 14.6. The molecule has 0 amide bonds. The molecule has 0 saturated carbocycles. The van der Waals surface area contributed by atoms with Gasteiger partial charge in [-0.2, -0.15) is 0 Å². The molecule has 0 aromatic heterocycles. The molecule has 0 saturated heterocycles. The molecule has 1 heteroatoms. The third-order valence-corrected chi connectivity index (χ3v) is 1.79. The second kappa shape index (κ2) is 7.49. The van der Waals surface area contributed by atoms with Gasteiger partial charge in [-0.25, -0.2) is 0 Å². The molecule has 0 bridgehead atoms. The van der Waals surface area contributed by atoms with Crippen molar-refractivity contribution >= 4 is 0 Å². The predicted octanol–water partition coefficient (Wildman–Crippen LogP) is 2.99. The average Bonchev–Trinajstić information content (AvgIpc) is 2.10. The highest BCUT2D eigenvalue weighted by Crippen LogP contribution is 2.06. The van der Waals surface area contributed by atoms with Crippen molar-refractivity contribution < 1.29 is 0 Å². The van der Waals surface area contributed by atoms with E-state index in [-0.39, 0.29) is 0 Å². The Morgan fingerprint density at radius 3 is 2.38 bits per heavy atom. The van der Waals surface area contributed by atoms with Gasteiger partial charge in [-0.05, 0) is 18.4 Å². The Bertz CT molecular complexity index is 227. The summed E-state index contributed by atoms with van der Waals surface area (Å²) in [4.78, 5) is 0. The lowest BCUT2D eigenvalue weighted by molar-refractivity contribution is 0.827. The van der Waals surface area contributed by atoms with Crippen molar-refractivity contribution in [3.05, 3.63) is 24.4 Å². The van der Waals surface area contributed by atoms with Crippen LogP contribution in [0, 0.1) is 11.8 Å². The lowest BCUT2D eigenvalue weighted by Gasteiger charge is -1.99. The van der Waals surface area contributed by atoms with E-state index in [2.05, 4.69) is 31.9 Å². The van der Waals surface area contributed by atoms with Gasteiger partial charge in [0, 0.05) is 18.5 Å². The fraction of sp³-hybridized carbons (Fsp3) is 0.500. The summed E-state index contributed by atoms with van der Waals surface area (Å²) in [7, 11) is 0. The second-order valence-corrected chi connectivity index (χ2v) is 3.09. The van der Waals surface area contributed by atoms with E-state index in [9.17, 15) is 0 Å². The Labute approximate surface area is 81.7 Å². The minimum atomic E-state index is 0.579. The maximum atomic E-state index is 5.46. The first kappa shape index (κ1) is 11.8. The third-order valence-electron chi connectivity index (χ3n) is 1.79. The van der Waals surface area contributed by atoms with E-state index >= 15 is 0 Å². The summed E-state index contributed by atoms with van der Waals surface area (Å²) in [6.45, 7) is 9.58. The van der Waals surface area contributed by atoms with E-state index in [1.165, 1.54) is 12.8 Å². The monoisotopic (exact) mass is 177 g/mol. The normalized spacial score (nSPS) is 8.69. The maximum absolute atomic E-state index is 5.46. The van der Waals surface area contributed by atoms with E-state index in [0.717, 1.165) is 24.8 Å². The van der Waals surface area contributed by atoms with Crippen molar-refractivity contribution in [1.82, 2.24) is 0 Å². The fourth-order valence-corrected chi connectivity index (χ4v) is 0.816. The minimum Gasteiger partial charge on any atom is -0.399 e. The lowest BCUT2D eigenvalue weighted by atomic mass is 10.1. The Morgan fingerprint density at radius 1 is 1.23 bits per heavy atom. The number of nitrogens with two attached hydrogens (primary N) is 1.